The smallest absolute Gasteiger partial charge is 0.143 e. The highest BCUT2D eigenvalue weighted by Gasteiger charge is 2.10. The lowest BCUT2D eigenvalue weighted by atomic mass is 10.1. The summed E-state index contributed by atoms with van der Waals surface area (Å²) in [7, 11) is 1.55. The molecule has 0 fully saturated rings. The van der Waals surface area contributed by atoms with Gasteiger partial charge in [0.15, 0.2) is 0 Å². The summed E-state index contributed by atoms with van der Waals surface area (Å²) in [6, 6.07) is 1.70. The second-order valence-corrected chi connectivity index (χ2v) is 3.19. The number of nitrogens with two attached hydrogens (primary N) is 2. The van der Waals surface area contributed by atoms with E-state index in [9.17, 15) is 0 Å². The molecule has 1 aromatic rings. The van der Waals surface area contributed by atoms with Crippen LogP contribution in [-0.2, 0) is 6.54 Å². The average Bonchev–Trinajstić information content (AvgIpc) is 2.12. The molecule has 0 aliphatic heterocycles. The molecule has 3 nitrogen and oxygen atoms in total. The molecule has 0 saturated heterocycles. The minimum Gasteiger partial charge on any atom is -0.495 e. The van der Waals surface area contributed by atoms with E-state index in [1.165, 1.54) is 0 Å². The summed E-state index contributed by atoms with van der Waals surface area (Å²) in [6.07, 6.45) is 0. The van der Waals surface area contributed by atoms with Crippen LogP contribution in [-0.4, -0.2) is 7.11 Å². The summed E-state index contributed by atoms with van der Waals surface area (Å²) in [5.74, 6) is 0.580. The molecule has 0 aliphatic carbocycles. The molecule has 0 unspecified atom stereocenters. The number of anilines is 1. The van der Waals surface area contributed by atoms with Gasteiger partial charge < -0.3 is 16.2 Å². The zero-order valence-electron chi connectivity index (χ0n) is 7.73. The first kappa shape index (κ1) is 10.2. The highest BCUT2D eigenvalue weighted by molar-refractivity contribution is 6.31. The molecule has 0 aromatic heterocycles. The zero-order valence-corrected chi connectivity index (χ0v) is 8.48. The fourth-order valence-corrected chi connectivity index (χ4v) is 1.44. The Balaban J connectivity index is 3.39. The zero-order chi connectivity index (χ0) is 10.0. The Labute approximate surface area is 82.6 Å². The molecule has 0 saturated carbocycles. The van der Waals surface area contributed by atoms with Gasteiger partial charge in [-0.05, 0) is 18.1 Å². The topological polar surface area (TPSA) is 61.3 Å². The van der Waals surface area contributed by atoms with Gasteiger partial charge in [0.2, 0.25) is 0 Å². The number of hydrogen-bond donors (Lipinski definition) is 2. The Bertz CT molecular complexity index is 326. The van der Waals surface area contributed by atoms with Crippen molar-refractivity contribution in [2.45, 2.75) is 13.5 Å². The van der Waals surface area contributed by atoms with Crippen molar-refractivity contribution in [2.75, 3.05) is 12.8 Å². The molecule has 0 heterocycles. The van der Waals surface area contributed by atoms with Gasteiger partial charge in [-0.1, -0.05) is 11.6 Å². The van der Waals surface area contributed by atoms with E-state index in [4.69, 9.17) is 27.8 Å². The predicted octanol–water partition coefficient (Wildman–Crippen LogP) is 1.70. The van der Waals surface area contributed by atoms with Gasteiger partial charge in [-0.15, -0.1) is 0 Å². The van der Waals surface area contributed by atoms with Crippen LogP contribution < -0.4 is 16.2 Å². The lowest BCUT2D eigenvalue weighted by Crippen LogP contribution is -2.06. The second kappa shape index (κ2) is 3.85. The van der Waals surface area contributed by atoms with Gasteiger partial charge in [-0.3, -0.25) is 0 Å². The van der Waals surface area contributed by atoms with Crippen LogP contribution in [0.2, 0.25) is 5.02 Å². The maximum absolute atomic E-state index is 5.96. The van der Waals surface area contributed by atoms with Crippen molar-refractivity contribution in [3.8, 4) is 5.75 Å². The summed E-state index contributed by atoms with van der Waals surface area (Å²) in [5, 5.41) is 0.631. The minimum atomic E-state index is 0.370. The molecule has 0 aliphatic rings. The van der Waals surface area contributed by atoms with Crippen molar-refractivity contribution in [3.05, 3.63) is 22.2 Å². The number of methoxy groups -OCH3 is 1. The highest BCUT2D eigenvalue weighted by atomic mass is 35.5. The third-order valence-corrected chi connectivity index (χ3v) is 2.48. The van der Waals surface area contributed by atoms with Crippen LogP contribution in [0.5, 0.6) is 5.75 Å². The van der Waals surface area contributed by atoms with E-state index < -0.39 is 0 Å². The van der Waals surface area contributed by atoms with Crippen molar-refractivity contribution in [1.82, 2.24) is 0 Å². The first-order chi connectivity index (χ1) is 6.11. The maximum atomic E-state index is 5.96. The van der Waals surface area contributed by atoms with Gasteiger partial charge in [-0.2, -0.15) is 0 Å². The molecule has 1 rings (SSSR count). The predicted molar refractivity (Wildman–Crippen MR) is 55.0 cm³/mol. The van der Waals surface area contributed by atoms with Crippen LogP contribution in [0.15, 0.2) is 6.07 Å². The summed E-state index contributed by atoms with van der Waals surface area (Å²) in [4.78, 5) is 0. The molecule has 0 spiro atoms. The van der Waals surface area contributed by atoms with Crippen LogP contribution in [0.25, 0.3) is 0 Å². The van der Waals surface area contributed by atoms with Gasteiger partial charge in [0.1, 0.15) is 5.75 Å². The van der Waals surface area contributed by atoms with Gasteiger partial charge in [0.25, 0.3) is 0 Å². The van der Waals surface area contributed by atoms with Gasteiger partial charge in [-0.25, -0.2) is 0 Å². The summed E-state index contributed by atoms with van der Waals surface area (Å²) < 4.78 is 5.06. The van der Waals surface area contributed by atoms with Gasteiger partial charge >= 0.3 is 0 Å². The summed E-state index contributed by atoms with van der Waals surface area (Å²) in [5.41, 5.74) is 13.7. The van der Waals surface area contributed by atoms with Crippen molar-refractivity contribution in [2.24, 2.45) is 5.73 Å². The van der Waals surface area contributed by atoms with Crippen LogP contribution in [0.4, 0.5) is 5.69 Å². The highest BCUT2D eigenvalue weighted by Crippen LogP contribution is 2.33. The summed E-state index contributed by atoms with van der Waals surface area (Å²) in [6.45, 7) is 2.26. The molecule has 4 heteroatoms. The number of halogens is 1. The van der Waals surface area contributed by atoms with Crippen molar-refractivity contribution in [1.29, 1.82) is 0 Å². The number of nitrogen functional groups attached to an aromatic ring is 1. The van der Waals surface area contributed by atoms with E-state index in [2.05, 4.69) is 0 Å². The third kappa shape index (κ3) is 1.71. The minimum absolute atomic E-state index is 0.370. The van der Waals surface area contributed by atoms with Crippen molar-refractivity contribution in [3.63, 3.8) is 0 Å². The lowest BCUT2D eigenvalue weighted by molar-refractivity contribution is 0.416. The van der Waals surface area contributed by atoms with Crippen LogP contribution >= 0.6 is 11.6 Å². The van der Waals surface area contributed by atoms with E-state index >= 15 is 0 Å². The van der Waals surface area contributed by atoms with Crippen molar-refractivity contribution >= 4 is 17.3 Å². The van der Waals surface area contributed by atoms with Gasteiger partial charge in [0, 0.05) is 17.6 Å². The molecular formula is C9H13ClN2O. The van der Waals surface area contributed by atoms with E-state index in [1.807, 2.05) is 6.92 Å². The molecule has 0 atom stereocenters. The molecule has 0 bridgehead atoms. The third-order valence-electron chi connectivity index (χ3n) is 2.08. The molecular weight excluding hydrogens is 188 g/mol. The lowest BCUT2D eigenvalue weighted by Gasteiger charge is -2.12. The number of rotatable bonds is 2. The molecule has 72 valence electrons. The monoisotopic (exact) mass is 200 g/mol. The standard InChI is InChI=1S/C9H13ClN2O/c1-5-6(4-11)9(12)8(13-2)3-7(5)10/h3H,4,11-12H2,1-2H3. The Hall–Kier alpha value is -0.930. The number of ether oxygens (including phenoxy) is 1. The van der Waals surface area contributed by atoms with Crippen molar-refractivity contribution < 1.29 is 4.74 Å². The first-order valence-corrected chi connectivity index (χ1v) is 4.31. The van der Waals surface area contributed by atoms with Crippen LogP contribution in [0, 0.1) is 6.92 Å². The normalized spacial score (nSPS) is 10.2. The number of hydrogen-bond acceptors (Lipinski definition) is 3. The second-order valence-electron chi connectivity index (χ2n) is 2.78. The molecule has 0 radical (unpaired) electrons. The fourth-order valence-electron chi connectivity index (χ4n) is 1.23. The number of benzene rings is 1. The van der Waals surface area contributed by atoms with E-state index in [1.54, 1.807) is 13.2 Å². The average molecular weight is 201 g/mol. The molecule has 13 heavy (non-hydrogen) atoms. The first-order valence-electron chi connectivity index (χ1n) is 3.93. The Morgan fingerprint density at radius 1 is 1.54 bits per heavy atom. The Morgan fingerprint density at radius 3 is 2.62 bits per heavy atom. The fraction of sp³-hybridized carbons (Fsp3) is 0.333. The quantitative estimate of drug-likeness (QED) is 0.715. The Kier molecular flexibility index (Phi) is 3.01. The molecule has 4 N–H and O–H groups in total. The van der Waals surface area contributed by atoms with E-state index in [0.717, 1.165) is 11.1 Å². The SMILES string of the molecule is COc1cc(Cl)c(C)c(CN)c1N. The van der Waals surface area contributed by atoms with Gasteiger partial charge in [0.05, 0.1) is 12.8 Å². The maximum Gasteiger partial charge on any atom is 0.143 e. The summed E-state index contributed by atoms with van der Waals surface area (Å²) >= 11 is 5.96. The van der Waals surface area contributed by atoms with Crippen LogP contribution in [0.1, 0.15) is 11.1 Å². The van der Waals surface area contributed by atoms with Crippen LogP contribution in [0.3, 0.4) is 0 Å². The molecule has 0 amide bonds. The molecule has 1 aromatic carbocycles. The largest absolute Gasteiger partial charge is 0.495 e. The van der Waals surface area contributed by atoms with E-state index in [0.29, 0.717) is 23.0 Å². The Morgan fingerprint density at radius 2 is 2.15 bits per heavy atom. The van der Waals surface area contributed by atoms with E-state index in [-0.39, 0.29) is 0 Å².